The first-order chi connectivity index (χ1) is 11.9. The molecular formula is C18H17BrFNO3S. The van der Waals surface area contributed by atoms with Crippen LogP contribution in [0.5, 0.6) is 0 Å². The number of carbonyl (C=O) groups excluding carboxylic acids is 2. The number of amides is 1. The number of carbonyl (C=O) groups is 2. The van der Waals surface area contributed by atoms with Gasteiger partial charge < -0.3 is 10.1 Å². The van der Waals surface area contributed by atoms with Crippen molar-refractivity contribution >= 4 is 39.6 Å². The number of nitrogens with one attached hydrogen (secondary N) is 1. The van der Waals surface area contributed by atoms with Crippen LogP contribution in [0.1, 0.15) is 28.4 Å². The number of halogens is 2. The topological polar surface area (TPSA) is 55.4 Å². The van der Waals surface area contributed by atoms with Crippen molar-refractivity contribution in [1.29, 1.82) is 0 Å². The maximum absolute atomic E-state index is 13.6. The summed E-state index contributed by atoms with van der Waals surface area (Å²) in [5.41, 5.74) is 0.949. The molecule has 7 heteroatoms. The summed E-state index contributed by atoms with van der Waals surface area (Å²) in [7, 11) is 1.29. The highest BCUT2D eigenvalue weighted by molar-refractivity contribution is 9.10. The molecule has 1 unspecified atom stereocenters. The molecule has 25 heavy (non-hydrogen) atoms. The molecule has 0 bridgehead atoms. The number of benzene rings is 2. The summed E-state index contributed by atoms with van der Waals surface area (Å²) in [5.74, 6) is -1.43. The van der Waals surface area contributed by atoms with Crippen molar-refractivity contribution in [2.75, 3.05) is 13.4 Å². The average Bonchev–Trinajstić information content (AvgIpc) is 2.63. The second-order valence-electron chi connectivity index (χ2n) is 5.21. The van der Waals surface area contributed by atoms with Gasteiger partial charge in [0.25, 0.3) is 5.91 Å². The van der Waals surface area contributed by atoms with Crippen molar-refractivity contribution in [3.05, 3.63) is 63.9 Å². The molecule has 0 heterocycles. The van der Waals surface area contributed by atoms with Gasteiger partial charge in [0.1, 0.15) is 5.82 Å². The molecule has 0 fully saturated rings. The zero-order valence-corrected chi connectivity index (χ0v) is 16.1. The summed E-state index contributed by atoms with van der Waals surface area (Å²) in [6.07, 6.45) is 1.95. The lowest BCUT2D eigenvalue weighted by molar-refractivity contribution is -0.141. The molecule has 1 N–H and O–H groups in total. The van der Waals surface area contributed by atoms with E-state index in [4.69, 9.17) is 4.74 Å². The van der Waals surface area contributed by atoms with E-state index in [0.717, 1.165) is 16.5 Å². The van der Waals surface area contributed by atoms with Gasteiger partial charge in [0.05, 0.1) is 24.0 Å². The summed E-state index contributed by atoms with van der Waals surface area (Å²) >= 11 is 4.65. The largest absolute Gasteiger partial charge is 0.469 e. The van der Waals surface area contributed by atoms with Crippen molar-refractivity contribution in [3.8, 4) is 0 Å². The molecule has 2 aromatic rings. The quantitative estimate of drug-likeness (QED) is 0.552. The standard InChI is InChI=1S/C18H17BrFNO3S/c1-24-17(22)10-16(11-3-6-13(25-2)7-4-11)21-18(23)12-5-8-14(19)15(20)9-12/h3-9,16H,10H2,1-2H3,(H,21,23). The van der Waals surface area contributed by atoms with Crippen molar-refractivity contribution in [1.82, 2.24) is 5.32 Å². The van der Waals surface area contributed by atoms with Crippen LogP contribution in [0.15, 0.2) is 51.8 Å². The lowest BCUT2D eigenvalue weighted by Gasteiger charge is -2.18. The van der Waals surface area contributed by atoms with Crippen molar-refractivity contribution < 1.29 is 18.7 Å². The summed E-state index contributed by atoms with van der Waals surface area (Å²) in [5, 5.41) is 2.77. The van der Waals surface area contributed by atoms with E-state index in [1.165, 1.54) is 19.2 Å². The van der Waals surface area contributed by atoms with E-state index in [2.05, 4.69) is 21.2 Å². The van der Waals surface area contributed by atoms with Gasteiger partial charge in [0, 0.05) is 10.5 Å². The van der Waals surface area contributed by atoms with Crippen LogP contribution in [0.3, 0.4) is 0 Å². The van der Waals surface area contributed by atoms with Gasteiger partial charge in [-0.2, -0.15) is 0 Å². The Bertz CT molecular complexity index is 767. The Labute approximate surface area is 158 Å². The summed E-state index contributed by atoms with van der Waals surface area (Å²) < 4.78 is 18.6. The van der Waals surface area contributed by atoms with E-state index >= 15 is 0 Å². The van der Waals surface area contributed by atoms with E-state index in [1.807, 2.05) is 30.5 Å². The molecular weight excluding hydrogens is 409 g/mol. The minimum Gasteiger partial charge on any atom is -0.469 e. The molecule has 0 saturated heterocycles. The number of methoxy groups -OCH3 is 1. The third kappa shape index (κ3) is 5.31. The van der Waals surface area contributed by atoms with Gasteiger partial charge in [-0.1, -0.05) is 12.1 Å². The smallest absolute Gasteiger partial charge is 0.307 e. The van der Waals surface area contributed by atoms with Crippen LogP contribution in [-0.2, 0) is 9.53 Å². The SMILES string of the molecule is COC(=O)CC(NC(=O)c1ccc(Br)c(F)c1)c1ccc(SC)cc1. The highest BCUT2D eigenvalue weighted by Crippen LogP contribution is 2.23. The second-order valence-corrected chi connectivity index (χ2v) is 6.94. The molecule has 132 valence electrons. The first-order valence-electron chi connectivity index (χ1n) is 7.41. The van der Waals surface area contributed by atoms with Crippen LogP contribution >= 0.6 is 27.7 Å². The fourth-order valence-electron chi connectivity index (χ4n) is 2.22. The van der Waals surface area contributed by atoms with Crippen LogP contribution in [0.25, 0.3) is 0 Å². The van der Waals surface area contributed by atoms with Crippen molar-refractivity contribution in [2.45, 2.75) is 17.4 Å². The zero-order chi connectivity index (χ0) is 18.4. The van der Waals surface area contributed by atoms with Crippen LogP contribution in [0.2, 0.25) is 0 Å². The van der Waals surface area contributed by atoms with Gasteiger partial charge >= 0.3 is 5.97 Å². The van der Waals surface area contributed by atoms with Crippen molar-refractivity contribution in [3.63, 3.8) is 0 Å². The normalized spacial score (nSPS) is 11.7. The Hall–Kier alpha value is -1.86. The number of hydrogen-bond donors (Lipinski definition) is 1. The maximum atomic E-state index is 13.6. The summed E-state index contributed by atoms with van der Waals surface area (Å²) in [6, 6.07) is 11.1. The van der Waals surface area contributed by atoms with E-state index in [9.17, 15) is 14.0 Å². The summed E-state index contributed by atoms with van der Waals surface area (Å²) in [4.78, 5) is 25.2. The predicted octanol–water partition coefficient (Wildman–Crippen LogP) is 4.34. The molecule has 0 aromatic heterocycles. The minimum atomic E-state index is -0.567. The van der Waals surface area contributed by atoms with Gasteiger partial charge in [0.2, 0.25) is 0 Å². The van der Waals surface area contributed by atoms with E-state index in [-0.39, 0.29) is 16.5 Å². The van der Waals surface area contributed by atoms with E-state index in [1.54, 1.807) is 11.8 Å². The van der Waals surface area contributed by atoms with Crippen LogP contribution in [-0.4, -0.2) is 25.2 Å². The molecule has 0 aliphatic rings. The first kappa shape index (κ1) is 19.5. The number of thioether (sulfide) groups is 1. The minimum absolute atomic E-state index is 0.0140. The zero-order valence-electron chi connectivity index (χ0n) is 13.7. The third-order valence-electron chi connectivity index (χ3n) is 3.60. The van der Waals surface area contributed by atoms with Crippen molar-refractivity contribution in [2.24, 2.45) is 0 Å². The monoisotopic (exact) mass is 425 g/mol. The van der Waals surface area contributed by atoms with E-state index < -0.39 is 23.7 Å². The van der Waals surface area contributed by atoms with Gasteiger partial charge in [-0.05, 0) is 58.1 Å². The molecule has 4 nitrogen and oxygen atoms in total. The highest BCUT2D eigenvalue weighted by atomic mass is 79.9. The second kappa shape index (κ2) is 9.01. The number of esters is 1. The summed E-state index contributed by atoms with van der Waals surface area (Å²) in [6.45, 7) is 0. The molecule has 2 rings (SSSR count). The Balaban J connectivity index is 2.23. The lowest BCUT2D eigenvalue weighted by atomic mass is 10.0. The molecule has 1 amide bonds. The van der Waals surface area contributed by atoms with Gasteiger partial charge in [0.15, 0.2) is 0 Å². The molecule has 0 saturated carbocycles. The maximum Gasteiger partial charge on any atom is 0.307 e. The number of ether oxygens (including phenoxy) is 1. The molecule has 2 aromatic carbocycles. The van der Waals surface area contributed by atoms with E-state index in [0.29, 0.717) is 0 Å². The number of hydrogen-bond acceptors (Lipinski definition) is 4. The molecule has 1 atom stereocenters. The molecule has 0 aliphatic carbocycles. The molecule has 0 spiro atoms. The van der Waals surface area contributed by atoms with Crippen LogP contribution in [0, 0.1) is 5.82 Å². The molecule has 0 aliphatic heterocycles. The Morgan fingerprint density at radius 2 is 1.92 bits per heavy atom. The van der Waals surface area contributed by atoms with Gasteiger partial charge in [-0.25, -0.2) is 4.39 Å². The first-order valence-corrected chi connectivity index (χ1v) is 9.43. The average molecular weight is 426 g/mol. The fourth-order valence-corrected chi connectivity index (χ4v) is 2.87. The predicted molar refractivity (Wildman–Crippen MR) is 99.2 cm³/mol. The Morgan fingerprint density at radius 3 is 2.48 bits per heavy atom. The van der Waals surface area contributed by atoms with Gasteiger partial charge in [-0.3, -0.25) is 9.59 Å². The Kier molecular flexibility index (Phi) is 7.01. The lowest BCUT2D eigenvalue weighted by Crippen LogP contribution is -2.30. The highest BCUT2D eigenvalue weighted by Gasteiger charge is 2.20. The fraction of sp³-hybridized carbons (Fsp3) is 0.222. The van der Waals surface area contributed by atoms with Crippen LogP contribution in [0.4, 0.5) is 4.39 Å². The molecule has 0 radical (unpaired) electrons. The number of rotatable bonds is 6. The van der Waals surface area contributed by atoms with Gasteiger partial charge in [-0.15, -0.1) is 11.8 Å². The third-order valence-corrected chi connectivity index (χ3v) is 4.99. The van der Waals surface area contributed by atoms with Crippen LogP contribution < -0.4 is 5.32 Å². The Morgan fingerprint density at radius 1 is 1.24 bits per heavy atom.